The van der Waals surface area contributed by atoms with E-state index in [9.17, 15) is 14.0 Å². The first-order valence-electron chi connectivity index (χ1n) is 12.3. The van der Waals surface area contributed by atoms with E-state index >= 15 is 0 Å². The van der Waals surface area contributed by atoms with Crippen LogP contribution in [-0.2, 0) is 0 Å². The molecule has 1 saturated heterocycles. The van der Waals surface area contributed by atoms with Crippen LogP contribution >= 0.6 is 11.6 Å². The van der Waals surface area contributed by atoms with Gasteiger partial charge in [-0.2, -0.15) is 0 Å². The van der Waals surface area contributed by atoms with Crippen LogP contribution in [-0.4, -0.2) is 59.5 Å². The van der Waals surface area contributed by atoms with Gasteiger partial charge in [0.15, 0.2) is 0 Å². The first kappa shape index (κ1) is 25.5. The Balaban J connectivity index is 1.41. The summed E-state index contributed by atoms with van der Waals surface area (Å²) in [6.45, 7) is 3.45. The van der Waals surface area contributed by atoms with Crippen molar-refractivity contribution in [3.8, 4) is 22.7 Å². The number of carbonyl (C=O) groups excluding carboxylic acids is 2. The molecule has 0 atom stereocenters. The highest BCUT2D eigenvalue weighted by atomic mass is 35.5. The van der Waals surface area contributed by atoms with Crippen LogP contribution in [0.1, 0.15) is 26.4 Å². The van der Waals surface area contributed by atoms with Crippen molar-refractivity contribution in [3.63, 3.8) is 0 Å². The second-order valence-electron chi connectivity index (χ2n) is 9.14. The molecule has 0 aliphatic carbocycles. The quantitative estimate of drug-likeness (QED) is 0.324. The topological polar surface area (TPSA) is 54.8 Å². The molecule has 1 aromatic heterocycles. The van der Waals surface area contributed by atoms with E-state index in [1.165, 1.54) is 6.07 Å². The summed E-state index contributed by atoms with van der Waals surface area (Å²) < 4.78 is 21.9. The number of nitrogens with zero attached hydrogens (tertiary/aromatic N) is 3. The lowest BCUT2D eigenvalue weighted by atomic mass is 10.1. The number of carbonyl (C=O) groups is 2. The van der Waals surface area contributed by atoms with E-state index in [1.807, 2.05) is 19.1 Å². The number of piperazine rings is 1. The fraction of sp³-hybridized carbons (Fsp3) is 0.200. The SMILES string of the molecule is COc1cccc(C(=O)N2CCN(C(=O)c3cc(-c4ccc(Cl)cc4)n(-c4ccccc4F)c3C)CC2)c1. The molecule has 0 spiro atoms. The number of amides is 2. The van der Waals surface area contributed by atoms with Crippen LogP contribution < -0.4 is 4.74 Å². The van der Waals surface area contributed by atoms with Crippen molar-refractivity contribution < 1.29 is 18.7 Å². The molecule has 2 amide bonds. The summed E-state index contributed by atoms with van der Waals surface area (Å²) in [5, 5.41) is 0.590. The zero-order valence-electron chi connectivity index (χ0n) is 21.2. The molecule has 1 aliphatic heterocycles. The summed E-state index contributed by atoms with van der Waals surface area (Å²) in [5.74, 6) is -0.00901. The van der Waals surface area contributed by atoms with Crippen LogP contribution in [0.2, 0.25) is 5.02 Å². The molecule has 2 heterocycles. The molecule has 8 heteroatoms. The first-order chi connectivity index (χ1) is 18.4. The highest BCUT2D eigenvalue weighted by Crippen LogP contribution is 2.32. The number of ether oxygens (including phenoxy) is 1. The maximum Gasteiger partial charge on any atom is 0.255 e. The van der Waals surface area contributed by atoms with Crippen LogP contribution in [0.25, 0.3) is 16.9 Å². The third-order valence-corrected chi connectivity index (χ3v) is 7.13. The van der Waals surface area contributed by atoms with Crippen molar-refractivity contribution >= 4 is 23.4 Å². The zero-order valence-corrected chi connectivity index (χ0v) is 21.9. The van der Waals surface area contributed by atoms with Gasteiger partial charge in [-0.15, -0.1) is 0 Å². The molecule has 194 valence electrons. The smallest absolute Gasteiger partial charge is 0.255 e. The van der Waals surface area contributed by atoms with E-state index < -0.39 is 0 Å². The minimum absolute atomic E-state index is 0.0945. The third-order valence-electron chi connectivity index (χ3n) is 6.88. The lowest BCUT2D eigenvalue weighted by Gasteiger charge is -2.35. The van der Waals surface area contributed by atoms with Gasteiger partial charge in [-0.3, -0.25) is 9.59 Å². The Morgan fingerprint density at radius 2 is 1.50 bits per heavy atom. The van der Waals surface area contributed by atoms with Crippen molar-refractivity contribution in [3.05, 3.63) is 107 Å². The van der Waals surface area contributed by atoms with E-state index in [2.05, 4.69) is 0 Å². The Kier molecular flexibility index (Phi) is 7.20. The third kappa shape index (κ3) is 4.89. The summed E-state index contributed by atoms with van der Waals surface area (Å²) >= 11 is 6.10. The summed E-state index contributed by atoms with van der Waals surface area (Å²) in [6, 6.07) is 22.6. The number of halogens is 2. The fourth-order valence-corrected chi connectivity index (χ4v) is 4.95. The molecule has 6 nitrogen and oxygen atoms in total. The van der Waals surface area contributed by atoms with Crippen molar-refractivity contribution in [2.75, 3.05) is 33.3 Å². The van der Waals surface area contributed by atoms with Crippen molar-refractivity contribution in [1.29, 1.82) is 0 Å². The molecular weight excluding hydrogens is 505 g/mol. The predicted octanol–water partition coefficient (Wildman–Crippen LogP) is 5.85. The molecular formula is C30H27ClFN3O3. The average molecular weight is 532 g/mol. The summed E-state index contributed by atoms with van der Waals surface area (Å²) in [4.78, 5) is 30.2. The largest absolute Gasteiger partial charge is 0.497 e. The van der Waals surface area contributed by atoms with Crippen LogP contribution in [0.3, 0.4) is 0 Å². The number of aromatic nitrogens is 1. The minimum Gasteiger partial charge on any atom is -0.497 e. The van der Waals surface area contributed by atoms with E-state index in [0.717, 1.165) is 5.56 Å². The molecule has 0 bridgehead atoms. The molecule has 0 radical (unpaired) electrons. The maximum absolute atomic E-state index is 14.9. The van der Waals surface area contributed by atoms with Gasteiger partial charge in [0.05, 0.1) is 24.1 Å². The minimum atomic E-state index is -0.384. The van der Waals surface area contributed by atoms with Gasteiger partial charge in [-0.1, -0.05) is 41.9 Å². The molecule has 38 heavy (non-hydrogen) atoms. The van der Waals surface area contributed by atoms with Gasteiger partial charge >= 0.3 is 0 Å². The van der Waals surface area contributed by atoms with Gasteiger partial charge in [-0.05, 0) is 61.0 Å². The Morgan fingerprint density at radius 1 is 0.842 bits per heavy atom. The monoisotopic (exact) mass is 531 g/mol. The number of para-hydroxylation sites is 1. The lowest BCUT2D eigenvalue weighted by Crippen LogP contribution is -2.50. The van der Waals surface area contributed by atoms with Crippen LogP contribution in [0.15, 0.2) is 78.9 Å². The van der Waals surface area contributed by atoms with Crippen LogP contribution in [0.4, 0.5) is 4.39 Å². The second kappa shape index (κ2) is 10.7. The molecule has 3 aromatic carbocycles. The molecule has 0 unspecified atom stereocenters. The average Bonchev–Trinajstić information content (AvgIpc) is 3.29. The van der Waals surface area contributed by atoms with Gasteiger partial charge in [0.25, 0.3) is 11.8 Å². The molecule has 1 fully saturated rings. The Bertz CT molecular complexity index is 1490. The maximum atomic E-state index is 14.9. The van der Waals surface area contributed by atoms with Gasteiger partial charge in [-0.25, -0.2) is 4.39 Å². The number of hydrogen-bond donors (Lipinski definition) is 0. The molecule has 5 rings (SSSR count). The highest BCUT2D eigenvalue weighted by Gasteiger charge is 2.29. The van der Waals surface area contributed by atoms with Crippen LogP contribution in [0.5, 0.6) is 5.75 Å². The molecule has 0 N–H and O–H groups in total. The standard InChI is InChI=1S/C30H27ClFN3O3/c1-20-25(19-28(21-10-12-23(31)13-11-21)35(20)27-9-4-3-8-26(27)32)30(37)34-16-14-33(15-17-34)29(36)22-6-5-7-24(18-22)38-2/h3-13,18-19H,14-17H2,1-2H3. The zero-order chi connectivity index (χ0) is 26.8. The number of methoxy groups -OCH3 is 1. The van der Waals surface area contributed by atoms with E-state index in [-0.39, 0.29) is 17.6 Å². The van der Waals surface area contributed by atoms with Gasteiger partial charge in [0.2, 0.25) is 0 Å². The highest BCUT2D eigenvalue weighted by molar-refractivity contribution is 6.30. The Morgan fingerprint density at radius 3 is 2.16 bits per heavy atom. The summed E-state index contributed by atoms with van der Waals surface area (Å²) in [7, 11) is 1.56. The van der Waals surface area contributed by atoms with E-state index in [1.54, 1.807) is 82.1 Å². The van der Waals surface area contributed by atoms with Crippen molar-refractivity contribution in [1.82, 2.24) is 14.4 Å². The number of hydrogen-bond acceptors (Lipinski definition) is 3. The van der Waals surface area contributed by atoms with Crippen molar-refractivity contribution in [2.45, 2.75) is 6.92 Å². The van der Waals surface area contributed by atoms with Crippen molar-refractivity contribution in [2.24, 2.45) is 0 Å². The summed E-state index contributed by atoms with van der Waals surface area (Å²) in [6.07, 6.45) is 0. The molecule has 0 saturated carbocycles. The Hall–Kier alpha value is -4.10. The number of benzene rings is 3. The van der Waals surface area contributed by atoms with Gasteiger partial charge in [0, 0.05) is 42.5 Å². The Labute approximate surface area is 225 Å². The molecule has 1 aliphatic rings. The fourth-order valence-electron chi connectivity index (χ4n) is 4.82. The predicted molar refractivity (Wildman–Crippen MR) is 146 cm³/mol. The lowest BCUT2D eigenvalue weighted by molar-refractivity contribution is 0.0535. The van der Waals surface area contributed by atoms with Gasteiger partial charge in [0.1, 0.15) is 11.6 Å². The van der Waals surface area contributed by atoms with E-state index in [4.69, 9.17) is 16.3 Å². The van der Waals surface area contributed by atoms with Gasteiger partial charge < -0.3 is 19.1 Å². The first-order valence-corrected chi connectivity index (χ1v) is 12.7. The normalized spacial score (nSPS) is 13.5. The van der Waals surface area contributed by atoms with E-state index in [0.29, 0.717) is 65.2 Å². The second-order valence-corrected chi connectivity index (χ2v) is 9.58. The molecule has 4 aromatic rings. The summed E-state index contributed by atoms with van der Waals surface area (Å²) in [5.41, 5.74) is 3.55. The van der Waals surface area contributed by atoms with Crippen LogP contribution in [0, 0.1) is 12.7 Å². The number of rotatable bonds is 5.